The van der Waals surface area contributed by atoms with Crippen molar-refractivity contribution in [1.29, 1.82) is 0 Å². The maximum absolute atomic E-state index is 2.45. The maximum atomic E-state index is 2.45. The average Bonchev–Trinajstić information content (AvgIpc) is 3.55. The smallest absolute Gasteiger partial charge is 0.0449 e. The van der Waals surface area contributed by atoms with Gasteiger partial charge in [0.15, 0.2) is 0 Å². The molecule has 7 aromatic carbocycles. The normalized spacial score (nSPS) is 12.2. The third-order valence-corrected chi connectivity index (χ3v) is 10.5. The van der Waals surface area contributed by atoms with Gasteiger partial charge < -0.3 is 0 Å². The fraction of sp³-hybridized carbons (Fsp3) is 0. The Morgan fingerprint density at radius 2 is 0.842 bits per heavy atom. The molecule has 0 unspecified atom stereocenters. The predicted octanol–water partition coefficient (Wildman–Crippen LogP) is 11.5. The first-order chi connectivity index (χ1) is 18.8. The van der Waals surface area contributed by atoms with E-state index in [0.29, 0.717) is 0 Å². The summed E-state index contributed by atoms with van der Waals surface area (Å²) in [5.74, 6) is 0. The zero-order valence-corrected chi connectivity index (χ0v) is 22.0. The molecule has 0 bridgehead atoms. The summed E-state index contributed by atoms with van der Waals surface area (Å²) < 4.78 is 5.49. The Hall–Kier alpha value is -4.24. The van der Waals surface area contributed by atoms with Crippen LogP contribution in [0.5, 0.6) is 0 Å². The van der Waals surface area contributed by atoms with Crippen molar-refractivity contribution in [2.45, 2.75) is 0 Å². The molecule has 0 spiro atoms. The molecule has 0 radical (unpaired) electrons. The lowest BCUT2D eigenvalue weighted by Crippen LogP contribution is -1.85. The second kappa shape index (κ2) is 7.64. The maximum Gasteiger partial charge on any atom is 0.0449 e. The molecule has 0 fully saturated rings. The summed E-state index contributed by atoms with van der Waals surface area (Å²) in [5.41, 5.74) is 2.61. The summed E-state index contributed by atoms with van der Waals surface area (Å²) in [6.45, 7) is 0. The van der Waals surface area contributed by atoms with E-state index in [1.807, 2.05) is 22.7 Å². The highest BCUT2D eigenvalue weighted by Crippen LogP contribution is 2.49. The van der Waals surface area contributed by atoms with Gasteiger partial charge in [-0.2, -0.15) is 0 Å². The van der Waals surface area contributed by atoms with Gasteiger partial charge in [0.2, 0.25) is 0 Å². The molecule has 176 valence electrons. The van der Waals surface area contributed by atoms with Crippen molar-refractivity contribution >= 4 is 95.3 Å². The third-order valence-electron chi connectivity index (χ3n) is 8.04. The van der Waals surface area contributed by atoms with E-state index in [1.54, 1.807) is 0 Å². The van der Waals surface area contributed by atoms with Crippen molar-refractivity contribution in [2.24, 2.45) is 0 Å². The molecule has 2 heteroatoms. The second-order valence-corrected chi connectivity index (χ2v) is 12.2. The van der Waals surface area contributed by atoms with Crippen molar-refractivity contribution in [3.05, 3.63) is 121 Å². The SMILES string of the molecule is c1ccc2c(c1)sc1c2cc(-c2ccc3c4ccccc4c4ccccc4c3c2)c2sc3ccccc3c21. The highest BCUT2D eigenvalue weighted by atomic mass is 32.1. The number of rotatable bonds is 1. The largest absolute Gasteiger partial charge is 0.134 e. The molecule has 0 aliphatic heterocycles. The van der Waals surface area contributed by atoms with E-state index in [-0.39, 0.29) is 0 Å². The van der Waals surface area contributed by atoms with Crippen LogP contribution in [0.25, 0.3) is 83.8 Å². The van der Waals surface area contributed by atoms with E-state index in [0.717, 1.165) is 0 Å². The summed E-state index contributed by atoms with van der Waals surface area (Å²) in [6, 6.07) is 45.0. The molecule has 0 nitrogen and oxygen atoms in total. The van der Waals surface area contributed by atoms with Gasteiger partial charge in [-0.3, -0.25) is 0 Å². The van der Waals surface area contributed by atoms with Gasteiger partial charge in [-0.25, -0.2) is 0 Å². The lowest BCUT2D eigenvalue weighted by molar-refractivity contribution is 1.75. The Kier molecular flexibility index (Phi) is 4.18. The van der Waals surface area contributed by atoms with Crippen LogP contribution in [0.3, 0.4) is 0 Å². The van der Waals surface area contributed by atoms with Crippen molar-refractivity contribution < 1.29 is 0 Å². The van der Waals surface area contributed by atoms with Crippen LogP contribution < -0.4 is 0 Å². The lowest BCUT2D eigenvalue weighted by atomic mass is 9.91. The summed E-state index contributed by atoms with van der Waals surface area (Å²) in [6.07, 6.45) is 0. The number of thiophene rings is 2. The minimum Gasteiger partial charge on any atom is -0.134 e. The first-order valence-electron chi connectivity index (χ1n) is 12.9. The van der Waals surface area contributed by atoms with Crippen LogP contribution in [0.2, 0.25) is 0 Å². The lowest BCUT2D eigenvalue weighted by Gasteiger charge is -2.13. The molecule has 0 aliphatic carbocycles. The van der Waals surface area contributed by atoms with Gasteiger partial charge in [0, 0.05) is 45.9 Å². The van der Waals surface area contributed by atoms with Crippen LogP contribution in [-0.4, -0.2) is 0 Å². The molecular formula is C36H20S2. The van der Waals surface area contributed by atoms with Crippen molar-refractivity contribution in [1.82, 2.24) is 0 Å². The molecule has 0 saturated heterocycles. The highest BCUT2D eigenvalue weighted by molar-refractivity contribution is 7.30. The van der Waals surface area contributed by atoms with Gasteiger partial charge in [-0.1, -0.05) is 97.1 Å². The molecule has 0 aliphatic rings. The van der Waals surface area contributed by atoms with Crippen LogP contribution in [-0.2, 0) is 0 Å². The summed E-state index contributed by atoms with van der Waals surface area (Å²) >= 11 is 3.85. The van der Waals surface area contributed by atoms with Crippen molar-refractivity contribution in [2.75, 3.05) is 0 Å². The van der Waals surface area contributed by atoms with Gasteiger partial charge in [0.05, 0.1) is 0 Å². The van der Waals surface area contributed by atoms with E-state index >= 15 is 0 Å². The molecule has 2 heterocycles. The Morgan fingerprint density at radius 3 is 1.53 bits per heavy atom. The molecular weight excluding hydrogens is 497 g/mol. The second-order valence-electron chi connectivity index (χ2n) is 10.1. The third kappa shape index (κ3) is 2.74. The molecule has 0 amide bonds. The fourth-order valence-electron chi connectivity index (χ4n) is 6.35. The van der Waals surface area contributed by atoms with Gasteiger partial charge in [-0.15, -0.1) is 22.7 Å². The topological polar surface area (TPSA) is 0 Å². The average molecular weight is 517 g/mol. The van der Waals surface area contributed by atoms with E-state index in [4.69, 9.17) is 0 Å². The first-order valence-corrected chi connectivity index (χ1v) is 14.6. The monoisotopic (exact) mass is 516 g/mol. The predicted molar refractivity (Wildman–Crippen MR) is 170 cm³/mol. The molecule has 2 aromatic heterocycles. The summed E-state index contributed by atoms with van der Waals surface area (Å²) in [4.78, 5) is 0. The molecule has 0 saturated carbocycles. The Morgan fingerprint density at radius 1 is 0.342 bits per heavy atom. The zero-order valence-electron chi connectivity index (χ0n) is 20.4. The minimum atomic E-state index is 1.28. The quantitative estimate of drug-likeness (QED) is 0.190. The van der Waals surface area contributed by atoms with Gasteiger partial charge in [0.1, 0.15) is 0 Å². The molecule has 38 heavy (non-hydrogen) atoms. The van der Waals surface area contributed by atoms with Gasteiger partial charge in [-0.05, 0) is 62.1 Å². The number of fused-ring (bicyclic) bond motifs is 13. The van der Waals surface area contributed by atoms with E-state index in [1.165, 1.54) is 83.8 Å². The van der Waals surface area contributed by atoms with Crippen molar-refractivity contribution in [3.63, 3.8) is 0 Å². The zero-order chi connectivity index (χ0) is 24.8. The van der Waals surface area contributed by atoms with Crippen LogP contribution in [0.1, 0.15) is 0 Å². The van der Waals surface area contributed by atoms with Crippen molar-refractivity contribution in [3.8, 4) is 11.1 Å². The number of hydrogen-bond acceptors (Lipinski definition) is 2. The van der Waals surface area contributed by atoms with Crippen LogP contribution in [0.4, 0.5) is 0 Å². The Balaban J connectivity index is 1.46. The van der Waals surface area contributed by atoms with Crippen LogP contribution >= 0.6 is 22.7 Å². The molecule has 0 atom stereocenters. The Bertz CT molecular complexity index is 2370. The minimum absolute atomic E-state index is 1.28. The van der Waals surface area contributed by atoms with E-state index in [2.05, 4.69) is 121 Å². The highest BCUT2D eigenvalue weighted by Gasteiger charge is 2.18. The van der Waals surface area contributed by atoms with E-state index in [9.17, 15) is 0 Å². The molecule has 0 N–H and O–H groups in total. The Labute approximate surface area is 227 Å². The first kappa shape index (κ1) is 20.8. The fourth-order valence-corrected chi connectivity index (χ4v) is 8.91. The molecule has 9 rings (SSSR count). The van der Waals surface area contributed by atoms with Crippen LogP contribution in [0.15, 0.2) is 121 Å². The molecule has 9 aromatic rings. The van der Waals surface area contributed by atoms with Crippen LogP contribution in [0, 0.1) is 0 Å². The number of benzene rings is 7. The van der Waals surface area contributed by atoms with Gasteiger partial charge >= 0.3 is 0 Å². The standard InChI is InChI=1S/C36H20S2/c1-2-11-24-22(9-1)23-10-3-4-12-25(23)30-19-21(17-18-26(24)30)29-20-31-27-13-5-7-15-32(27)37-36(31)34-28-14-6-8-16-33(28)38-35(29)34/h1-20H. The van der Waals surface area contributed by atoms with E-state index < -0.39 is 0 Å². The number of hydrogen-bond donors (Lipinski definition) is 0. The van der Waals surface area contributed by atoms with Gasteiger partial charge in [0.25, 0.3) is 0 Å². The summed E-state index contributed by atoms with van der Waals surface area (Å²) in [7, 11) is 0. The summed E-state index contributed by atoms with van der Waals surface area (Å²) in [5, 5.41) is 13.4.